The van der Waals surface area contributed by atoms with Crippen LogP contribution in [0.1, 0.15) is 487 Å². The Morgan fingerprint density at radius 3 is 0.0857 bits per heavy atom. The third kappa shape index (κ3) is 1440000. The summed E-state index contributed by atoms with van der Waals surface area (Å²) >= 11 is 0. The van der Waals surface area contributed by atoms with E-state index in [4.69, 9.17) is 20.7 Å². The second-order valence-electron chi connectivity index (χ2n) is 0. The Kier molecular flexibility index (Phi) is 611000000. The maximum Gasteiger partial charge on any atom is 0.206 e. The van der Waals surface area contributed by atoms with E-state index in [1.807, 2.05) is 0 Å². The van der Waals surface area contributed by atoms with E-state index in [2.05, 4.69) is 0 Å². The second kappa shape index (κ2) is 1510000. The molecule has 6 N–H and O–H groups in total. The molecule has 0 spiro atoms. The quantitative estimate of drug-likeness (QED) is 0.216. The van der Waals surface area contributed by atoms with Crippen molar-refractivity contribution in [1.29, 1.82) is 0 Å². The standard InChI is InChI=1S/65CH4.CH3.3H2O.V/h65*1H4;1H3;3*1H2;/q;;;;;;;;;;;;;;;;;;;;;;;;;;;;;;;;;;;;;;;;;;;;;;;;;;;;;;;;;;;;;;;;;-1;;;;/i/hD3. The van der Waals surface area contributed by atoms with Gasteiger partial charge in [0.1, 0.15) is 0 Å². The zero-order valence-corrected chi connectivity index (χ0v) is 4.19. The molecule has 0 heterocycles. The van der Waals surface area contributed by atoms with Crippen LogP contribution < -0.4 is 0 Å². The molecule has 3 nitrogen and oxygen atoms in total. The molecule has 0 aliphatic rings. The van der Waals surface area contributed by atoms with Gasteiger partial charge < -0.3 is 23.9 Å². The van der Waals surface area contributed by atoms with Crippen molar-refractivity contribution in [1.82, 2.24) is 0 Å². The summed E-state index contributed by atoms with van der Waals surface area (Å²) < 4.78 is 14.2. The Bertz CT molecular complexity index is 43.4. The minimum absolute atomic E-state index is 0. The van der Waals surface area contributed by atoms with E-state index in [-0.39, 0.29) is 509 Å². The SMILES string of the molecule is C.C.C.C.C.C.C.C.C.C.C.C.C.C.C.C.C.C.C.C.C.C.C.C.C.C.C.C.C.C.C.C.C.C.C.C.C.C.C.C.C.C.C.C.C.C.C.C.C.C.C.C.C.C.C.C.C.C.C.C.C.C.C.C.C.[2H]O.[2H]O.[2H]O.[CH3-].[V]. The fourth-order valence-electron chi connectivity index (χ4n) is 0. The first-order chi connectivity index (χ1) is 3.00. The van der Waals surface area contributed by atoms with E-state index in [1.54, 1.807) is 0 Å². The van der Waals surface area contributed by atoms with Crippen LogP contribution in [0.15, 0.2) is 0 Å². The number of rotatable bonds is 0. The molecule has 557 valence electrons. The van der Waals surface area contributed by atoms with Crippen LogP contribution >= 0.6 is 0 Å². The molecule has 4 heteroatoms. The van der Waals surface area contributed by atoms with Crippen molar-refractivity contribution in [2.75, 3.05) is 0 Å². The first-order valence-corrected chi connectivity index (χ1v) is 0. The van der Waals surface area contributed by atoms with Gasteiger partial charge in [0.25, 0.3) is 0 Å². The molecule has 0 aromatic heterocycles. The zero-order chi connectivity index (χ0) is 6.00. The van der Waals surface area contributed by atoms with E-state index < -0.39 is 0 Å². The summed E-state index contributed by atoms with van der Waals surface area (Å²) in [7, 11) is 0. The summed E-state index contributed by atoms with van der Waals surface area (Å²) in [4.78, 5) is 0. The summed E-state index contributed by atoms with van der Waals surface area (Å²) in [6, 6.07) is 0. The van der Waals surface area contributed by atoms with Crippen LogP contribution in [-0.4, -0.2) is 16.4 Å². The minimum Gasteiger partial charge on any atom is -0.412 e. The largest absolute Gasteiger partial charge is 0.412 e. The van der Waals surface area contributed by atoms with Gasteiger partial charge in [-0.2, -0.15) is 0 Å². The number of hydrogen-bond donors (Lipinski definition) is 0. The molecule has 0 fully saturated rings. The van der Waals surface area contributed by atoms with Gasteiger partial charge in [0, 0.05) is 18.6 Å². The first-order valence-electron chi connectivity index (χ1n) is 1.34. The maximum absolute atomic E-state index is 6.25. The molecule has 0 aromatic carbocycles. The predicted octanol–water partition coefficient (Wildman–Crippen LogP) is 39.3. The van der Waals surface area contributed by atoms with Gasteiger partial charge in [-0.15, -0.1) is 0 Å². The van der Waals surface area contributed by atoms with Crippen LogP contribution in [0.2, 0.25) is 0 Å². The van der Waals surface area contributed by atoms with Gasteiger partial charge in [-0.05, 0) is 0 Å². The van der Waals surface area contributed by atoms with Crippen LogP contribution in [0.25, 0.3) is 0 Å². The fourth-order valence-corrected chi connectivity index (χ4v) is 0. The van der Waals surface area contributed by atoms with E-state index in [0.29, 0.717) is 0 Å². The predicted molar refractivity (Wildman–Crippen MR) is 455 cm³/mol. The summed E-state index contributed by atoms with van der Waals surface area (Å²) in [5.74, 6) is 0. The topological polar surface area (TPSA) is 94.5 Å². The summed E-state index contributed by atoms with van der Waals surface area (Å²) in [5.41, 5.74) is 18.8. The van der Waals surface area contributed by atoms with Crippen LogP contribution in [0.5, 0.6) is 0 Å². The van der Waals surface area contributed by atoms with Crippen LogP contribution in [0, 0.1) is 7.43 Å². The average molecular weight is 1170 g/mol. The minimum atomic E-state index is 0. The van der Waals surface area contributed by atoms with Crippen molar-refractivity contribution >= 4 is 0 Å². The molecule has 0 atom stereocenters. The summed E-state index contributed by atoms with van der Waals surface area (Å²) in [6.45, 7) is 0. The average Bonchev–Trinajstić information content (AvgIpc) is 1.81. The van der Waals surface area contributed by atoms with Crippen LogP contribution in [-0.2, 0) is 18.6 Å². The molecule has 0 amide bonds. The van der Waals surface area contributed by atoms with Gasteiger partial charge in [0.15, 0.2) is 0 Å². The van der Waals surface area contributed by atoms with Crippen LogP contribution in [0.3, 0.4) is 0 Å². The van der Waals surface area contributed by atoms with Crippen molar-refractivity contribution < 1.29 is 39.3 Å². The molecule has 0 bridgehead atoms. The smallest absolute Gasteiger partial charge is 0.206 e. The molecular formula is C66H269O3V-. The Labute approximate surface area is 527 Å². The van der Waals surface area contributed by atoms with E-state index >= 15 is 0 Å². The molecule has 0 unspecified atom stereocenters. The van der Waals surface area contributed by atoms with Crippen molar-refractivity contribution in [2.45, 2.75) is 483 Å². The third-order valence-corrected chi connectivity index (χ3v) is 0. The third-order valence-electron chi connectivity index (χ3n) is 0. The van der Waals surface area contributed by atoms with Gasteiger partial charge in [0.2, 0.25) is 4.29 Å². The molecular weight excluding hydrogens is 892 g/mol. The van der Waals surface area contributed by atoms with E-state index in [1.165, 1.54) is 0 Å². The Morgan fingerprint density at radius 2 is 0.0857 bits per heavy atom. The van der Waals surface area contributed by atoms with Crippen molar-refractivity contribution in [3.63, 3.8) is 0 Å². The summed E-state index contributed by atoms with van der Waals surface area (Å²) in [5, 5.41) is 0. The molecule has 0 saturated carbocycles. The van der Waals surface area contributed by atoms with Gasteiger partial charge in [-0.1, -0.05) is 483 Å². The molecule has 1 radical (unpaired) electrons. The van der Waals surface area contributed by atoms with E-state index in [0.717, 1.165) is 0 Å². The molecule has 0 rings (SSSR count). The molecule has 0 aliphatic carbocycles. The van der Waals surface area contributed by atoms with E-state index in [9.17, 15) is 0 Å². The Morgan fingerprint density at radius 1 is 0.0857 bits per heavy atom. The van der Waals surface area contributed by atoms with Gasteiger partial charge >= 0.3 is 0 Å². The molecule has 0 saturated heterocycles. The van der Waals surface area contributed by atoms with Gasteiger partial charge in [0.05, 0.1) is 0 Å². The zero-order valence-electron chi connectivity index (χ0n) is 5.79. The summed E-state index contributed by atoms with van der Waals surface area (Å²) in [6.07, 6.45) is 0. The Balaban J connectivity index is -0.0000000000186. The van der Waals surface area contributed by atoms with Crippen LogP contribution in [0.4, 0.5) is 0 Å². The van der Waals surface area contributed by atoms with Gasteiger partial charge in [-0.3, -0.25) is 0 Å². The van der Waals surface area contributed by atoms with Crippen molar-refractivity contribution in [3.05, 3.63) is 7.43 Å². The van der Waals surface area contributed by atoms with Crippen molar-refractivity contribution in [2.24, 2.45) is 0 Å². The molecule has 70 heavy (non-hydrogen) atoms. The molecule has 0 aliphatic heterocycles. The van der Waals surface area contributed by atoms with Crippen molar-refractivity contribution in [3.8, 4) is 0 Å². The monoisotopic (exact) mass is 1170 g/mol. The molecule has 0 aromatic rings. The van der Waals surface area contributed by atoms with Gasteiger partial charge in [-0.25, -0.2) is 0 Å². The normalized spacial score (nSPS) is 0.300. The maximum atomic E-state index is 6.25. The fraction of sp³-hybridized carbons (Fsp3) is 0.985. The number of hydrogen-bond acceptors (Lipinski definition) is 0. The second-order valence-corrected chi connectivity index (χ2v) is 0. The Hall–Kier alpha value is 0.464. The first kappa shape index (κ1) is 28300.